The molecule has 1 N–H and O–H groups in total. The van der Waals surface area contributed by atoms with E-state index in [2.05, 4.69) is 11.4 Å². The zero-order valence-corrected chi connectivity index (χ0v) is 10.7. The Balaban J connectivity index is 2.02. The Bertz CT molecular complexity index is 438. The summed E-state index contributed by atoms with van der Waals surface area (Å²) < 4.78 is 13.2. The second-order valence-corrected chi connectivity index (χ2v) is 5.07. The normalized spacial score (nSPS) is 25.4. The van der Waals surface area contributed by atoms with Crippen molar-refractivity contribution in [2.75, 3.05) is 0 Å². The lowest BCUT2D eigenvalue weighted by Gasteiger charge is -2.30. The molecule has 1 aliphatic carbocycles. The molecule has 0 aliphatic heterocycles. The van der Waals surface area contributed by atoms with Crippen LogP contribution < -0.4 is 5.32 Å². The molecule has 1 saturated carbocycles. The van der Waals surface area contributed by atoms with Crippen LogP contribution in [0.1, 0.15) is 44.2 Å². The van der Waals surface area contributed by atoms with E-state index in [-0.39, 0.29) is 23.8 Å². The number of nitrogens with zero attached hydrogens (tertiary/aromatic N) is 1. The average Bonchev–Trinajstić information content (AvgIpc) is 2.39. The summed E-state index contributed by atoms with van der Waals surface area (Å²) in [6, 6.07) is 9.37. The Morgan fingerprint density at radius 2 is 2.17 bits per heavy atom. The van der Waals surface area contributed by atoms with E-state index in [1.807, 2.05) is 13.0 Å². The van der Waals surface area contributed by atoms with Crippen LogP contribution in [-0.2, 0) is 0 Å². The van der Waals surface area contributed by atoms with E-state index in [9.17, 15) is 4.39 Å². The summed E-state index contributed by atoms with van der Waals surface area (Å²) in [7, 11) is 0. The van der Waals surface area contributed by atoms with Crippen LogP contribution in [-0.4, -0.2) is 6.04 Å². The van der Waals surface area contributed by atoms with Gasteiger partial charge in [-0.15, -0.1) is 0 Å². The van der Waals surface area contributed by atoms with Crippen molar-refractivity contribution < 1.29 is 4.39 Å². The molecule has 2 nitrogen and oxygen atoms in total. The molecule has 2 unspecified atom stereocenters. The lowest BCUT2D eigenvalue weighted by atomic mass is 9.85. The van der Waals surface area contributed by atoms with E-state index in [0.717, 1.165) is 24.8 Å². The van der Waals surface area contributed by atoms with Crippen molar-refractivity contribution in [2.24, 2.45) is 5.92 Å². The number of hydrogen-bond donors (Lipinski definition) is 1. The quantitative estimate of drug-likeness (QED) is 0.885. The Hall–Kier alpha value is -1.40. The third-order valence-corrected chi connectivity index (χ3v) is 3.74. The number of halogens is 1. The van der Waals surface area contributed by atoms with Gasteiger partial charge in [-0.25, -0.2) is 4.39 Å². The number of rotatable bonds is 3. The molecule has 0 radical (unpaired) electrons. The highest BCUT2D eigenvalue weighted by atomic mass is 19.1. The van der Waals surface area contributed by atoms with Gasteiger partial charge in [-0.3, -0.25) is 0 Å². The summed E-state index contributed by atoms with van der Waals surface area (Å²) in [5, 5.41) is 12.6. The maximum Gasteiger partial charge on any atom is 0.123 e. The van der Waals surface area contributed by atoms with Gasteiger partial charge in [0.25, 0.3) is 0 Å². The SMILES string of the molecule is C[C@H](NC1CCCCC1C#N)c1cccc(F)c1. The molecule has 0 saturated heterocycles. The van der Waals surface area contributed by atoms with Gasteiger partial charge in [0.1, 0.15) is 5.82 Å². The van der Waals surface area contributed by atoms with Crippen LogP contribution in [0.4, 0.5) is 4.39 Å². The molecule has 2 rings (SSSR count). The van der Waals surface area contributed by atoms with Crippen molar-refractivity contribution in [3.05, 3.63) is 35.6 Å². The minimum absolute atomic E-state index is 0.0830. The summed E-state index contributed by atoms with van der Waals surface area (Å²) in [6.07, 6.45) is 4.33. The number of benzene rings is 1. The van der Waals surface area contributed by atoms with E-state index in [1.165, 1.54) is 12.5 Å². The van der Waals surface area contributed by atoms with E-state index >= 15 is 0 Å². The lowest BCUT2D eigenvalue weighted by molar-refractivity contribution is 0.292. The molecule has 1 fully saturated rings. The lowest BCUT2D eigenvalue weighted by Crippen LogP contribution is -2.39. The zero-order chi connectivity index (χ0) is 13.0. The van der Waals surface area contributed by atoms with Crippen LogP contribution in [0.15, 0.2) is 24.3 Å². The van der Waals surface area contributed by atoms with Gasteiger partial charge in [0.2, 0.25) is 0 Å². The third-order valence-electron chi connectivity index (χ3n) is 3.74. The molecule has 1 aromatic carbocycles. The smallest absolute Gasteiger partial charge is 0.123 e. The van der Waals surface area contributed by atoms with E-state index < -0.39 is 0 Å². The maximum absolute atomic E-state index is 13.2. The van der Waals surface area contributed by atoms with Gasteiger partial charge in [-0.1, -0.05) is 25.0 Å². The predicted molar refractivity (Wildman–Crippen MR) is 69.3 cm³/mol. The highest BCUT2D eigenvalue weighted by Crippen LogP contribution is 2.26. The van der Waals surface area contributed by atoms with Crippen LogP contribution in [0.5, 0.6) is 0 Å². The largest absolute Gasteiger partial charge is 0.306 e. The Labute approximate surface area is 108 Å². The van der Waals surface area contributed by atoms with Crippen molar-refractivity contribution in [2.45, 2.75) is 44.7 Å². The third kappa shape index (κ3) is 3.08. The van der Waals surface area contributed by atoms with Gasteiger partial charge in [-0.2, -0.15) is 5.26 Å². The second kappa shape index (κ2) is 5.97. The first-order valence-electron chi connectivity index (χ1n) is 6.62. The molecular weight excluding hydrogens is 227 g/mol. The summed E-state index contributed by atoms with van der Waals surface area (Å²) in [5.41, 5.74) is 0.942. The molecule has 0 bridgehead atoms. The first-order chi connectivity index (χ1) is 8.70. The molecular formula is C15H19FN2. The van der Waals surface area contributed by atoms with Crippen LogP contribution in [0.3, 0.4) is 0 Å². The standard InChI is InChI=1S/C15H19FN2/c1-11(12-6-4-7-14(16)9-12)18-15-8-3-2-5-13(15)10-17/h4,6-7,9,11,13,15,18H,2-3,5,8H2,1H3/t11-,13?,15?/m0/s1. The molecule has 0 aromatic heterocycles. The summed E-state index contributed by atoms with van der Waals surface area (Å²) in [5.74, 6) is -0.114. The maximum atomic E-state index is 13.2. The summed E-state index contributed by atoms with van der Waals surface area (Å²) in [6.45, 7) is 2.03. The van der Waals surface area contributed by atoms with Gasteiger partial charge in [0.05, 0.1) is 12.0 Å². The van der Waals surface area contributed by atoms with Gasteiger partial charge in [0, 0.05) is 12.1 Å². The monoisotopic (exact) mass is 246 g/mol. The number of hydrogen-bond acceptors (Lipinski definition) is 2. The predicted octanol–water partition coefficient (Wildman–Crippen LogP) is 3.56. The van der Waals surface area contributed by atoms with Crippen LogP contribution in [0.25, 0.3) is 0 Å². The zero-order valence-electron chi connectivity index (χ0n) is 10.7. The van der Waals surface area contributed by atoms with Crippen LogP contribution in [0, 0.1) is 23.1 Å². The minimum atomic E-state index is -0.207. The Morgan fingerprint density at radius 1 is 1.39 bits per heavy atom. The fourth-order valence-electron chi connectivity index (χ4n) is 2.68. The first kappa shape index (κ1) is 13.0. The molecule has 96 valence electrons. The van der Waals surface area contributed by atoms with Crippen LogP contribution >= 0.6 is 0 Å². The second-order valence-electron chi connectivity index (χ2n) is 5.07. The summed E-state index contributed by atoms with van der Waals surface area (Å²) >= 11 is 0. The van der Waals surface area contributed by atoms with Gasteiger partial charge < -0.3 is 5.32 Å². The number of nitrogens with one attached hydrogen (secondary N) is 1. The molecule has 18 heavy (non-hydrogen) atoms. The fourth-order valence-corrected chi connectivity index (χ4v) is 2.68. The number of nitriles is 1. The molecule has 1 aromatic rings. The fraction of sp³-hybridized carbons (Fsp3) is 0.533. The van der Waals surface area contributed by atoms with E-state index in [0.29, 0.717) is 0 Å². The van der Waals surface area contributed by atoms with Crippen LogP contribution in [0.2, 0.25) is 0 Å². The van der Waals surface area contributed by atoms with E-state index in [4.69, 9.17) is 5.26 Å². The molecule has 1 aliphatic rings. The minimum Gasteiger partial charge on any atom is -0.306 e. The molecule has 3 atom stereocenters. The Morgan fingerprint density at radius 3 is 2.89 bits per heavy atom. The van der Waals surface area contributed by atoms with Gasteiger partial charge in [0.15, 0.2) is 0 Å². The highest BCUT2D eigenvalue weighted by Gasteiger charge is 2.26. The highest BCUT2D eigenvalue weighted by molar-refractivity contribution is 5.19. The molecule has 0 spiro atoms. The first-order valence-corrected chi connectivity index (χ1v) is 6.62. The topological polar surface area (TPSA) is 35.8 Å². The Kier molecular flexibility index (Phi) is 4.33. The molecule has 3 heteroatoms. The summed E-state index contributed by atoms with van der Waals surface area (Å²) in [4.78, 5) is 0. The molecule has 0 amide bonds. The van der Waals surface area contributed by atoms with Crippen molar-refractivity contribution in [3.8, 4) is 6.07 Å². The van der Waals surface area contributed by atoms with Crippen molar-refractivity contribution in [3.63, 3.8) is 0 Å². The van der Waals surface area contributed by atoms with Crippen molar-refractivity contribution in [1.82, 2.24) is 5.32 Å². The van der Waals surface area contributed by atoms with E-state index in [1.54, 1.807) is 12.1 Å². The average molecular weight is 246 g/mol. The van der Waals surface area contributed by atoms with Gasteiger partial charge in [-0.05, 0) is 37.5 Å². The molecule has 0 heterocycles. The van der Waals surface area contributed by atoms with Crippen molar-refractivity contribution >= 4 is 0 Å². The van der Waals surface area contributed by atoms with Gasteiger partial charge >= 0.3 is 0 Å². The van der Waals surface area contributed by atoms with Crippen molar-refractivity contribution in [1.29, 1.82) is 5.26 Å².